The number of aromatic amines is 1. The van der Waals surface area contributed by atoms with Gasteiger partial charge in [0.1, 0.15) is 5.56 Å². The highest BCUT2D eigenvalue weighted by Gasteiger charge is 2.28. The maximum Gasteiger partial charge on any atom is 0.261 e. The minimum atomic E-state index is -0.217. The van der Waals surface area contributed by atoms with E-state index < -0.39 is 0 Å². The molecular weight excluding hydrogens is 326 g/mol. The lowest BCUT2D eigenvalue weighted by molar-refractivity contribution is 0.0640. The van der Waals surface area contributed by atoms with E-state index in [2.05, 4.69) is 17.2 Å². The highest BCUT2D eigenvalue weighted by molar-refractivity contribution is 5.94. The first-order valence-corrected chi connectivity index (χ1v) is 8.97. The number of carbonyl (C=O) groups is 1. The zero-order valence-corrected chi connectivity index (χ0v) is 15.2. The first-order valence-electron chi connectivity index (χ1n) is 8.97. The van der Waals surface area contributed by atoms with Crippen molar-refractivity contribution in [2.45, 2.75) is 57.9 Å². The van der Waals surface area contributed by atoms with Gasteiger partial charge in [0.05, 0.1) is 0 Å². The van der Waals surface area contributed by atoms with Crippen LogP contribution in [-0.4, -0.2) is 41.5 Å². The molecule has 6 heteroatoms. The zero-order valence-electron chi connectivity index (χ0n) is 14.4. The van der Waals surface area contributed by atoms with Crippen LogP contribution in [0.1, 0.15) is 60.6 Å². The van der Waals surface area contributed by atoms with Gasteiger partial charge in [-0.25, -0.2) is 0 Å². The number of carbonyl (C=O) groups excluding carboxylic acids is 1. The molecule has 1 aromatic rings. The molecule has 2 aliphatic rings. The molecule has 0 radical (unpaired) electrons. The van der Waals surface area contributed by atoms with Crippen molar-refractivity contribution in [1.82, 2.24) is 15.2 Å². The average molecular weight is 354 g/mol. The third kappa shape index (κ3) is 4.01. The molecule has 1 fully saturated rings. The van der Waals surface area contributed by atoms with Gasteiger partial charge >= 0.3 is 0 Å². The fourth-order valence-electron chi connectivity index (χ4n) is 3.80. The second-order valence-electron chi connectivity index (χ2n) is 6.70. The Hall–Kier alpha value is -1.33. The quantitative estimate of drug-likeness (QED) is 0.872. The summed E-state index contributed by atoms with van der Waals surface area (Å²) in [5, 5.41) is 3.34. The van der Waals surface area contributed by atoms with E-state index in [4.69, 9.17) is 0 Å². The molecule has 3 rings (SSSR count). The SMILES string of the molecule is CCCN(C(=O)c1cc2c([nH]c1=O)CCCC2)C1CCNCC1.Cl. The number of hydrogen-bond donors (Lipinski definition) is 2. The van der Waals surface area contributed by atoms with Gasteiger partial charge in [-0.1, -0.05) is 6.92 Å². The summed E-state index contributed by atoms with van der Waals surface area (Å²) in [6, 6.07) is 2.11. The molecule has 1 aliphatic carbocycles. The first-order chi connectivity index (χ1) is 11.2. The Morgan fingerprint density at radius 2 is 1.96 bits per heavy atom. The summed E-state index contributed by atoms with van der Waals surface area (Å²) in [5.41, 5.74) is 2.30. The van der Waals surface area contributed by atoms with Gasteiger partial charge in [-0.15, -0.1) is 12.4 Å². The molecular formula is C18H28ClN3O2. The number of aromatic nitrogens is 1. The monoisotopic (exact) mass is 353 g/mol. The lowest BCUT2D eigenvalue weighted by atomic mass is 9.94. The van der Waals surface area contributed by atoms with Gasteiger partial charge in [-0.2, -0.15) is 0 Å². The molecule has 134 valence electrons. The van der Waals surface area contributed by atoms with Gasteiger partial charge in [-0.05, 0) is 69.7 Å². The molecule has 0 aromatic carbocycles. The molecule has 2 heterocycles. The number of fused-ring (bicyclic) bond motifs is 1. The molecule has 2 N–H and O–H groups in total. The fraction of sp³-hybridized carbons (Fsp3) is 0.667. The van der Waals surface area contributed by atoms with Gasteiger partial charge in [0.15, 0.2) is 0 Å². The molecule has 1 amide bonds. The van der Waals surface area contributed by atoms with E-state index in [9.17, 15) is 9.59 Å². The molecule has 0 bridgehead atoms. The predicted octanol–water partition coefficient (Wildman–Crippen LogP) is 2.28. The van der Waals surface area contributed by atoms with Crippen LogP contribution in [0.15, 0.2) is 10.9 Å². The molecule has 1 aromatic heterocycles. The van der Waals surface area contributed by atoms with Crippen molar-refractivity contribution in [1.29, 1.82) is 0 Å². The molecule has 1 saturated heterocycles. The molecule has 0 atom stereocenters. The highest BCUT2D eigenvalue weighted by atomic mass is 35.5. The van der Waals surface area contributed by atoms with Gasteiger partial charge in [-0.3, -0.25) is 9.59 Å². The number of H-pyrrole nitrogens is 1. The Morgan fingerprint density at radius 1 is 1.25 bits per heavy atom. The Bertz CT molecular complexity index is 623. The van der Waals surface area contributed by atoms with Crippen molar-refractivity contribution in [3.8, 4) is 0 Å². The van der Waals surface area contributed by atoms with Crippen molar-refractivity contribution >= 4 is 18.3 Å². The van der Waals surface area contributed by atoms with E-state index in [0.29, 0.717) is 5.56 Å². The lowest BCUT2D eigenvalue weighted by Gasteiger charge is -2.34. The van der Waals surface area contributed by atoms with Crippen molar-refractivity contribution in [3.63, 3.8) is 0 Å². The van der Waals surface area contributed by atoms with Crippen LogP contribution in [0.5, 0.6) is 0 Å². The number of hydrogen-bond acceptors (Lipinski definition) is 3. The molecule has 1 aliphatic heterocycles. The van der Waals surface area contributed by atoms with E-state index in [1.807, 2.05) is 11.0 Å². The van der Waals surface area contributed by atoms with Crippen molar-refractivity contribution < 1.29 is 4.79 Å². The van der Waals surface area contributed by atoms with Crippen LogP contribution in [0.4, 0.5) is 0 Å². The number of piperidine rings is 1. The number of amides is 1. The minimum Gasteiger partial charge on any atom is -0.335 e. The topological polar surface area (TPSA) is 65.2 Å². The largest absolute Gasteiger partial charge is 0.335 e. The van der Waals surface area contributed by atoms with Gasteiger partial charge in [0, 0.05) is 18.3 Å². The number of halogens is 1. The smallest absolute Gasteiger partial charge is 0.261 e. The Balaban J connectivity index is 0.00000208. The summed E-state index contributed by atoms with van der Waals surface area (Å²) in [7, 11) is 0. The number of pyridine rings is 1. The van der Waals surface area contributed by atoms with Crippen molar-refractivity contribution in [2.24, 2.45) is 0 Å². The molecule has 0 saturated carbocycles. The van der Waals surface area contributed by atoms with E-state index >= 15 is 0 Å². The minimum absolute atomic E-state index is 0. The third-order valence-corrected chi connectivity index (χ3v) is 5.04. The molecule has 0 spiro atoms. The van der Waals surface area contributed by atoms with Crippen LogP contribution in [0.3, 0.4) is 0 Å². The number of nitrogens with zero attached hydrogens (tertiary/aromatic N) is 1. The maximum atomic E-state index is 13.0. The Kier molecular flexibility index (Phi) is 6.87. The van der Waals surface area contributed by atoms with Crippen LogP contribution < -0.4 is 10.9 Å². The van der Waals surface area contributed by atoms with Gasteiger partial charge in [0.25, 0.3) is 11.5 Å². The summed E-state index contributed by atoms with van der Waals surface area (Å²) >= 11 is 0. The van der Waals surface area contributed by atoms with Crippen molar-refractivity contribution in [3.05, 3.63) is 33.2 Å². The van der Waals surface area contributed by atoms with Crippen LogP contribution in [0.2, 0.25) is 0 Å². The number of aryl methyl sites for hydroxylation is 2. The van der Waals surface area contributed by atoms with E-state index in [0.717, 1.165) is 75.8 Å². The fourth-order valence-corrected chi connectivity index (χ4v) is 3.80. The van der Waals surface area contributed by atoms with Gasteiger partial charge in [0.2, 0.25) is 0 Å². The second kappa shape index (κ2) is 8.67. The molecule has 24 heavy (non-hydrogen) atoms. The normalized spacial score (nSPS) is 17.7. The van der Waals surface area contributed by atoms with Crippen LogP contribution in [-0.2, 0) is 12.8 Å². The second-order valence-corrected chi connectivity index (χ2v) is 6.70. The number of rotatable bonds is 4. The average Bonchev–Trinajstić information content (AvgIpc) is 2.59. The van der Waals surface area contributed by atoms with Crippen LogP contribution in [0.25, 0.3) is 0 Å². The molecule has 0 unspecified atom stereocenters. The van der Waals surface area contributed by atoms with E-state index in [-0.39, 0.29) is 29.9 Å². The van der Waals surface area contributed by atoms with Crippen LogP contribution >= 0.6 is 12.4 Å². The van der Waals surface area contributed by atoms with Gasteiger partial charge < -0.3 is 15.2 Å². The van der Waals surface area contributed by atoms with Crippen LogP contribution in [0, 0.1) is 0 Å². The summed E-state index contributed by atoms with van der Waals surface area (Å²) in [4.78, 5) is 30.3. The summed E-state index contributed by atoms with van der Waals surface area (Å²) in [6.45, 7) is 4.69. The maximum absolute atomic E-state index is 13.0. The van der Waals surface area contributed by atoms with E-state index in [1.54, 1.807) is 0 Å². The van der Waals surface area contributed by atoms with Crippen molar-refractivity contribution in [2.75, 3.05) is 19.6 Å². The molecule has 5 nitrogen and oxygen atoms in total. The summed E-state index contributed by atoms with van der Waals surface area (Å²) in [5.74, 6) is -0.0895. The van der Waals surface area contributed by atoms with E-state index in [1.165, 1.54) is 0 Å². The number of nitrogens with one attached hydrogen (secondary N) is 2. The first kappa shape index (κ1) is 19.0. The zero-order chi connectivity index (χ0) is 16.2. The standard InChI is InChI=1S/C18H27N3O2.ClH/c1-2-11-21(14-7-9-19-10-8-14)18(23)15-12-13-5-3-4-6-16(13)20-17(15)22;/h12,14,19H,2-11H2,1H3,(H,20,22);1H. The highest BCUT2D eigenvalue weighted by Crippen LogP contribution is 2.20. The third-order valence-electron chi connectivity index (χ3n) is 5.04. The Labute approximate surface area is 149 Å². The Morgan fingerprint density at radius 3 is 2.67 bits per heavy atom. The lowest BCUT2D eigenvalue weighted by Crippen LogP contribution is -2.47. The summed E-state index contributed by atoms with van der Waals surface area (Å²) < 4.78 is 0. The summed E-state index contributed by atoms with van der Waals surface area (Å²) in [6.07, 6.45) is 6.99. The predicted molar refractivity (Wildman–Crippen MR) is 98.2 cm³/mol.